The molecular formula is C19H27N3O3S2. The van der Waals surface area contributed by atoms with Crippen LogP contribution in [0.1, 0.15) is 46.4 Å². The van der Waals surface area contributed by atoms with Crippen LogP contribution in [0.3, 0.4) is 0 Å². The molecule has 1 aliphatic heterocycles. The van der Waals surface area contributed by atoms with E-state index in [1.54, 1.807) is 23.4 Å². The molecule has 8 heteroatoms. The largest absolute Gasteiger partial charge is 0.350 e. The number of piperidine rings is 1. The molecule has 0 radical (unpaired) electrons. The Hall–Kier alpha value is -1.64. The van der Waals surface area contributed by atoms with Crippen molar-refractivity contribution >= 4 is 27.3 Å². The normalized spacial score (nSPS) is 16.1. The molecule has 0 bridgehead atoms. The number of hydrogen-bond acceptors (Lipinski definition) is 4. The summed E-state index contributed by atoms with van der Waals surface area (Å²) in [6, 6.07) is 3.77. The monoisotopic (exact) mass is 409 g/mol. The lowest BCUT2D eigenvalue weighted by atomic mass is 9.98. The third kappa shape index (κ3) is 3.97. The number of nitrogens with one attached hydrogen (secondary N) is 1. The number of aromatic nitrogens is 1. The van der Waals surface area contributed by atoms with Crippen molar-refractivity contribution in [3.05, 3.63) is 39.3 Å². The molecule has 2 aromatic heterocycles. The van der Waals surface area contributed by atoms with Crippen molar-refractivity contribution in [2.24, 2.45) is 13.0 Å². The quantitative estimate of drug-likeness (QED) is 0.825. The Kier molecular flexibility index (Phi) is 5.79. The summed E-state index contributed by atoms with van der Waals surface area (Å²) in [6.07, 6.45) is 1.91. The van der Waals surface area contributed by atoms with E-state index in [4.69, 9.17) is 0 Å². The number of carbonyl (C=O) groups is 1. The first kappa shape index (κ1) is 20.1. The van der Waals surface area contributed by atoms with Gasteiger partial charge in [-0.1, -0.05) is 13.0 Å². The van der Waals surface area contributed by atoms with E-state index < -0.39 is 10.0 Å². The van der Waals surface area contributed by atoms with Crippen LogP contribution >= 0.6 is 11.3 Å². The molecule has 148 valence electrons. The number of likely N-dealkylation sites (tertiary alicyclic amines) is 1. The van der Waals surface area contributed by atoms with Crippen LogP contribution < -0.4 is 4.72 Å². The number of carbonyl (C=O) groups excluding carboxylic acids is 1. The number of nitrogens with zero attached hydrogens (tertiary/aromatic N) is 2. The molecule has 0 spiro atoms. The summed E-state index contributed by atoms with van der Waals surface area (Å²) in [7, 11) is -2.00. The van der Waals surface area contributed by atoms with Crippen LogP contribution in [0, 0.1) is 19.8 Å². The first-order valence-corrected chi connectivity index (χ1v) is 11.6. The molecule has 3 heterocycles. The van der Waals surface area contributed by atoms with Crippen molar-refractivity contribution < 1.29 is 13.2 Å². The summed E-state index contributed by atoms with van der Waals surface area (Å²) in [5.74, 6) is 0.419. The maximum absolute atomic E-state index is 13.2. The van der Waals surface area contributed by atoms with Gasteiger partial charge >= 0.3 is 0 Å². The molecular weight excluding hydrogens is 382 g/mol. The SMILES string of the molecule is Cc1c(C(=O)N2CCC(C)CC2)c(S(=O)(=O)NCc2cccs2)c(C)n1C. The highest BCUT2D eigenvalue weighted by atomic mass is 32.2. The molecule has 0 saturated carbocycles. The Morgan fingerprint density at radius 1 is 1.26 bits per heavy atom. The lowest BCUT2D eigenvalue weighted by Gasteiger charge is -2.30. The topological polar surface area (TPSA) is 71.4 Å². The second kappa shape index (κ2) is 7.77. The molecule has 1 aliphatic rings. The summed E-state index contributed by atoms with van der Waals surface area (Å²) in [5, 5.41) is 1.91. The van der Waals surface area contributed by atoms with Crippen molar-refractivity contribution in [3.8, 4) is 0 Å². The van der Waals surface area contributed by atoms with E-state index in [1.807, 2.05) is 24.4 Å². The fourth-order valence-electron chi connectivity index (χ4n) is 3.52. The van der Waals surface area contributed by atoms with E-state index in [0.29, 0.717) is 36.0 Å². The smallest absolute Gasteiger partial charge is 0.257 e. The second-order valence-electron chi connectivity index (χ2n) is 7.31. The highest BCUT2D eigenvalue weighted by molar-refractivity contribution is 7.89. The molecule has 27 heavy (non-hydrogen) atoms. The molecule has 2 aromatic rings. The van der Waals surface area contributed by atoms with Crippen LogP contribution in [0.4, 0.5) is 0 Å². The van der Waals surface area contributed by atoms with Gasteiger partial charge in [0.15, 0.2) is 0 Å². The average Bonchev–Trinajstić information content (AvgIpc) is 3.23. The van der Waals surface area contributed by atoms with Gasteiger partial charge in [0.1, 0.15) is 4.90 Å². The molecule has 3 rings (SSSR count). The first-order chi connectivity index (χ1) is 12.7. The van der Waals surface area contributed by atoms with Crippen LogP contribution in [-0.4, -0.2) is 36.9 Å². The lowest BCUT2D eigenvalue weighted by molar-refractivity contribution is 0.0692. The van der Waals surface area contributed by atoms with E-state index in [0.717, 1.165) is 17.7 Å². The summed E-state index contributed by atoms with van der Waals surface area (Å²) in [4.78, 5) is 16.1. The predicted octanol–water partition coefficient (Wildman–Crippen LogP) is 3.05. The fourth-order valence-corrected chi connectivity index (χ4v) is 5.77. The maximum atomic E-state index is 13.2. The van der Waals surface area contributed by atoms with Gasteiger partial charge in [-0.15, -0.1) is 11.3 Å². The van der Waals surface area contributed by atoms with Crippen LogP contribution in [0.2, 0.25) is 0 Å². The molecule has 0 unspecified atom stereocenters. The van der Waals surface area contributed by atoms with E-state index in [1.165, 1.54) is 11.3 Å². The van der Waals surface area contributed by atoms with Gasteiger partial charge in [0, 0.05) is 42.9 Å². The Labute approximate surface area is 165 Å². The second-order valence-corrected chi connectivity index (χ2v) is 10.0. The van der Waals surface area contributed by atoms with Gasteiger partial charge in [0.2, 0.25) is 10.0 Å². The summed E-state index contributed by atoms with van der Waals surface area (Å²) < 4.78 is 30.6. The fraction of sp³-hybridized carbons (Fsp3) is 0.526. The van der Waals surface area contributed by atoms with Crippen molar-refractivity contribution in [2.75, 3.05) is 13.1 Å². The molecule has 1 N–H and O–H groups in total. The van der Waals surface area contributed by atoms with Crippen LogP contribution in [-0.2, 0) is 23.6 Å². The van der Waals surface area contributed by atoms with Gasteiger partial charge in [-0.3, -0.25) is 4.79 Å². The van der Waals surface area contributed by atoms with Crippen molar-refractivity contribution in [1.82, 2.24) is 14.2 Å². The minimum atomic E-state index is -3.81. The molecule has 1 saturated heterocycles. The minimum absolute atomic E-state index is 0.114. The maximum Gasteiger partial charge on any atom is 0.257 e. The van der Waals surface area contributed by atoms with Crippen LogP contribution in [0.5, 0.6) is 0 Å². The molecule has 1 amide bonds. The van der Waals surface area contributed by atoms with Crippen LogP contribution in [0.15, 0.2) is 22.4 Å². The van der Waals surface area contributed by atoms with Gasteiger partial charge < -0.3 is 9.47 Å². The first-order valence-electron chi connectivity index (χ1n) is 9.19. The third-order valence-electron chi connectivity index (χ3n) is 5.49. The number of amides is 1. The summed E-state index contributed by atoms with van der Waals surface area (Å²) >= 11 is 1.50. The van der Waals surface area contributed by atoms with E-state index in [2.05, 4.69) is 11.6 Å². The summed E-state index contributed by atoms with van der Waals surface area (Å²) in [6.45, 7) is 7.32. The van der Waals surface area contributed by atoms with Gasteiger partial charge in [0.05, 0.1) is 5.56 Å². The summed E-state index contributed by atoms with van der Waals surface area (Å²) in [5.41, 5.74) is 1.58. The average molecular weight is 410 g/mol. The zero-order valence-corrected chi connectivity index (χ0v) is 17.9. The van der Waals surface area contributed by atoms with Crippen LogP contribution in [0.25, 0.3) is 0 Å². The van der Waals surface area contributed by atoms with Gasteiger partial charge in [-0.05, 0) is 44.1 Å². The zero-order valence-electron chi connectivity index (χ0n) is 16.3. The predicted molar refractivity (Wildman–Crippen MR) is 108 cm³/mol. The molecule has 1 fully saturated rings. The zero-order chi connectivity index (χ0) is 19.8. The van der Waals surface area contributed by atoms with Crippen molar-refractivity contribution in [2.45, 2.75) is 45.1 Å². The minimum Gasteiger partial charge on any atom is -0.350 e. The van der Waals surface area contributed by atoms with E-state index in [9.17, 15) is 13.2 Å². The number of thiophene rings is 1. The third-order valence-corrected chi connectivity index (χ3v) is 7.93. The molecule has 0 aliphatic carbocycles. The van der Waals surface area contributed by atoms with Crippen molar-refractivity contribution in [1.29, 1.82) is 0 Å². The lowest BCUT2D eigenvalue weighted by Crippen LogP contribution is -2.39. The standard InChI is InChI=1S/C19H27N3O3S2/c1-13-7-9-22(10-8-13)19(23)17-14(2)21(4)15(3)18(17)27(24,25)20-12-16-6-5-11-26-16/h5-6,11,13,20H,7-10,12H2,1-4H3. The Morgan fingerprint density at radius 2 is 1.93 bits per heavy atom. The molecule has 6 nitrogen and oxygen atoms in total. The number of rotatable bonds is 5. The highest BCUT2D eigenvalue weighted by Gasteiger charge is 2.33. The van der Waals surface area contributed by atoms with Gasteiger partial charge in [-0.2, -0.15) is 0 Å². The van der Waals surface area contributed by atoms with Gasteiger partial charge in [-0.25, -0.2) is 13.1 Å². The molecule has 0 atom stereocenters. The molecule has 0 aromatic carbocycles. The Balaban J connectivity index is 1.95. The van der Waals surface area contributed by atoms with Gasteiger partial charge in [0.25, 0.3) is 5.91 Å². The van der Waals surface area contributed by atoms with E-state index in [-0.39, 0.29) is 17.3 Å². The Bertz CT molecular complexity index is 922. The Morgan fingerprint density at radius 3 is 2.52 bits per heavy atom. The van der Waals surface area contributed by atoms with Crippen molar-refractivity contribution in [3.63, 3.8) is 0 Å². The number of hydrogen-bond donors (Lipinski definition) is 1. The highest BCUT2D eigenvalue weighted by Crippen LogP contribution is 2.29. The van der Waals surface area contributed by atoms with E-state index >= 15 is 0 Å². The number of sulfonamides is 1.